The Balaban J connectivity index is 2.16. The third-order valence-corrected chi connectivity index (χ3v) is 3.55. The van der Waals surface area contributed by atoms with E-state index in [1.165, 1.54) is 0 Å². The Bertz CT molecular complexity index is 491. The van der Waals surface area contributed by atoms with E-state index < -0.39 is 42.6 Å². The van der Waals surface area contributed by atoms with E-state index in [-0.39, 0.29) is 6.42 Å². The van der Waals surface area contributed by atoms with Crippen molar-refractivity contribution in [3.05, 3.63) is 35.9 Å². The zero-order chi connectivity index (χ0) is 15.6. The molecule has 0 aromatic heterocycles. The van der Waals surface area contributed by atoms with Gasteiger partial charge in [-0.05, 0) is 5.56 Å². The molecule has 0 spiro atoms. The first-order chi connectivity index (χ1) is 9.90. The Morgan fingerprint density at radius 3 is 2.48 bits per heavy atom. The van der Waals surface area contributed by atoms with Gasteiger partial charge in [-0.15, -0.1) is 0 Å². The maximum Gasteiger partial charge on any atom is 0.256 e. The van der Waals surface area contributed by atoms with Crippen LogP contribution in [-0.4, -0.2) is 68.1 Å². The zero-order valence-electron chi connectivity index (χ0n) is 11.2. The van der Waals surface area contributed by atoms with Crippen LogP contribution in [-0.2, 0) is 16.0 Å². The SMILES string of the molecule is O=C(Cc1ccccc1)C1(O)O[C@H]([C@H](O)CO)[C@H](O)[C@H]1O. The number of ketones is 1. The van der Waals surface area contributed by atoms with E-state index in [0.717, 1.165) is 0 Å². The van der Waals surface area contributed by atoms with Crippen LogP contribution >= 0.6 is 0 Å². The van der Waals surface area contributed by atoms with Crippen molar-refractivity contribution in [1.29, 1.82) is 0 Å². The fourth-order valence-corrected chi connectivity index (χ4v) is 2.31. The molecule has 0 saturated carbocycles. The van der Waals surface area contributed by atoms with Crippen LogP contribution in [0, 0.1) is 0 Å². The summed E-state index contributed by atoms with van der Waals surface area (Å²) in [7, 11) is 0. The van der Waals surface area contributed by atoms with Gasteiger partial charge in [0.15, 0.2) is 5.78 Å². The minimum absolute atomic E-state index is 0.205. The quantitative estimate of drug-likeness (QED) is 0.424. The van der Waals surface area contributed by atoms with Crippen molar-refractivity contribution in [2.24, 2.45) is 0 Å². The van der Waals surface area contributed by atoms with E-state index in [1.54, 1.807) is 30.3 Å². The number of benzene rings is 1. The lowest BCUT2D eigenvalue weighted by Gasteiger charge is -2.24. The van der Waals surface area contributed by atoms with Crippen LogP contribution in [0.2, 0.25) is 0 Å². The van der Waals surface area contributed by atoms with Crippen molar-refractivity contribution in [3.63, 3.8) is 0 Å². The van der Waals surface area contributed by atoms with Gasteiger partial charge in [-0.1, -0.05) is 30.3 Å². The molecule has 0 radical (unpaired) electrons. The molecule has 0 aliphatic carbocycles. The second-order valence-corrected chi connectivity index (χ2v) is 5.05. The average Bonchev–Trinajstić information content (AvgIpc) is 2.73. The molecule has 7 nitrogen and oxygen atoms in total. The Labute approximate surface area is 121 Å². The molecule has 116 valence electrons. The molecule has 1 saturated heterocycles. The van der Waals surface area contributed by atoms with E-state index in [9.17, 15) is 25.2 Å². The van der Waals surface area contributed by atoms with Crippen molar-refractivity contribution >= 4 is 5.78 Å². The lowest BCUT2D eigenvalue weighted by atomic mass is 9.96. The Morgan fingerprint density at radius 2 is 1.90 bits per heavy atom. The van der Waals surface area contributed by atoms with Gasteiger partial charge in [-0.25, -0.2) is 0 Å². The Morgan fingerprint density at radius 1 is 1.29 bits per heavy atom. The number of carbonyl (C=O) groups excluding carboxylic acids is 1. The van der Waals surface area contributed by atoms with Crippen LogP contribution in [0.15, 0.2) is 30.3 Å². The number of aliphatic hydroxyl groups is 5. The molecule has 1 aliphatic heterocycles. The van der Waals surface area contributed by atoms with Crippen LogP contribution in [0.1, 0.15) is 5.56 Å². The fourth-order valence-electron chi connectivity index (χ4n) is 2.31. The molecule has 1 aromatic rings. The average molecular weight is 298 g/mol. The van der Waals surface area contributed by atoms with Crippen molar-refractivity contribution in [1.82, 2.24) is 0 Å². The van der Waals surface area contributed by atoms with Gasteiger partial charge in [0.1, 0.15) is 24.4 Å². The maximum atomic E-state index is 12.2. The number of hydrogen-bond acceptors (Lipinski definition) is 7. The standard InChI is InChI=1S/C14H18O7/c15-7-9(16)12-11(18)13(19)14(20,21-12)10(17)6-8-4-2-1-3-5-8/h1-5,9,11-13,15-16,18-20H,6-7H2/t9-,11+,12-,13-,14?/m1/s1. The van der Waals surface area contributed by atoms with Gasteiger partial charge in [0, 0.05) is 6.42 Å². The van der Waals surface area contributed by atoms with E-state index >= 15 is 0 Å². The highest BCUT2D eigenvalue weighted by molar-refractivity contribution is 5.88. The summed E-state index contributed by atoms with van der Waals surface area (Å²) in [6.45, 7) is -0.739. The van der Waals surface area contributed by atoms with Gasteiger partial charge in [-0.3, -0.25) is 4.79 Å². The van der Waals surface area contributed by atoms with E-state index in [1.807, 2.05) is 0 Å². The predicted molar refractivity (Wildman–Crippen MR) is 70.1 cm³/mol. The van der Waals surface area contributed by atoms with Crippen LogP contribution < -0.4 is 0 Å². The van der Waals surface area contributed by atoms with Gasteiger partial charge < -0.3 is 30.3 Å². The molecule has 5 atom stereocenters. The molecule has 1 fully saturated rings. The number of ether oxygens (including phenoxy) is 1. The summed E-state index contributed by atoms with van der Waals surface area (Å²) in [4.78, 5) is 12.2. The Kier molecular flexibility index (Phi) is 4.72. The van der Waals surface area contributed by atoms with Gasteiger partial charge in [0.05, 0.1) is 6.61 Å². The van der Waals surface area contributed by atoms with Crippen LogP contribution in [0.5, 0.6) is 0 Å². The normalized spacial score (nSPS) is 33.9. The molecule has 21 heavy (non-hydrogen) atoms. The topological polar surface area (TPSA) is 127 Å². The lowest BCUT2D eigenvalue weighted by Crippen LogP contribution is -2.50. The summed E-state index contributed by atoms with van der Waals surface area (Å²) in [5.74, 6) is -3.45. The summed E-state index contributed by atoms with van der Waals surface area (Å²) in [6, 6.07) is 8.52. The maximum absolute atomic E-state index is 12.2. The smallest absolute Gasteiger partial charge is 0.256 e. The van der Waals surface area contributed by atoms with Gasteiger partial charge >= 0.3 is 0 Å². The molecular weight excluding hydrogens is 280 g/mol. The first-order valence-corrected chi connectivity index (χ1v) is 6.52. The minimum atomic E-state index is -2.62. The molecule has 5 N–H and O–H groups in total. The zero-order valence-corrected chi connectivity index (χ0v) is 11.2. The second kappa shape index (κ2) is 6.18. The van der Waals surface area contributed by atoms with E-state index in [4.69, 9.17) is 9.84 Å². The lowest BCUT2D eigenvalue weighted by molar-refractivity contribution is -0.229. The van der Waals surface area contributed by atoms with Gasteiger partial charge in [0.25, 0.3) is 5.79 Å². The largest absolute Gasteiger partial charge is 0.394 e. The molecule has 1 aromatic carbocycles. The Hall–Kier alpha value is -1.35. The van der Waals surface area contributed by atoms with Gasteiger partial charge in [0.2, 0.25) is 0 Å². The van der Waals surface area contributed by atoms with Crippen molar-refractivity contribution in [2.75, 3.05) is 6.61 Å². The highest BCUT2D eigenvalue weighted by Gasteiger charge is 2.59. The molecule has 2 rings (SSSR count). The highest BCUT2D eigenvalue weighted by Crippen LogP contribution is 2.32. The van der Waals surface area contributed by atoms with Gasteiger partial charge in [-0.2, -0.15) is 0 Å². The van der Waals surface area contributed by atoms with Crippen LogP contribution in [0.3, 0.4) is 0 Å². The predicted octanol–water partition coefficient (Wildman–Crippen LogP) is -2.04. The summed E-state index contributed by atoms with van der Waals surface area (Å²) >= 11 is 0. The summed E-state index contributed by atoms with van der Waals surface area (Å²) in [5.41, 5.74) is 0.604. The van der Waals surface area contributed by atoms with Crippen molar-refractivity contribution in [2.45, 2.75) is 36.6 Å². The third kappa shape index (κ3) is 2.98. The minimum Gasteiger partial charge on any atom is -0.394 e. The van der Waals surface area contributed by atoms with Crippen LogP contribution in [0.25, 0.3) is 0 Å². The van der Waals surface area contributed by atoms with Crippen LogP contribution in [0.4, 0.5) is 0 Å². The summed E-state index contributed by atoms with van der Waals surface area (Å²) in [5, 5.41) is 48.1. The summed E-state index contributed by atoms with van der Waals surface area (Å²) in [6.07, 6.45) is -6.76. The van der Waals surface area contributed by atoms with Crippen molar-refractivity contribution in [3.8, 4) is 0 Å². The number of Topliss-reactive ketones (excluding diaryl/α,β-unsaturated/α-hetero) is 1. The number of carbonyl (C=O) groups is 1. The third-order valence-electron chi connectivity index (χ3n) is 3.55. The second-order valence-electron chi connectivity index (χ2n) is 5.05. The molecule has 1 unspecified atom stereocenters. The number of rotatable bonds is 5. The molecule has 7 heteroatoms. The number of hydrogen-bond donors (Lipinski definition) is 5. The fraction of sp³-hybridized carbons (Fsp3) is 0.500. The van der Waals surface area contributed by atoms with Crippen molar-refractivity contribution < 1.29 is 35.1 Å². The van der Waals surface area contributed by atoms with E-state index in [2.05, 4.69) is 0 Å². The molecular formula is C14H18O7. The highest BCUT2D eigenvalue weighted by atomic mass is 16.7. The number of aliphatic hydroxyl groups excluding tert-OH is 4. The molecule has 0 amide bonds. The summed E-state index contributed by atoms with van der Waals surface area (Å²) < 4.78 is 4.96. The molecule has 1 aliphatic rings. The van der Waals surface area contributed by atoms with E-state index in [0.29, 0.717) is 5.56 Å². The molecule has 0 bridgehead atoms. The monoisotopic (exact) mass is 298 g/mol. The molecule has 1 heterocycles. The first-order valence-electron chi connectivity index (χ1n) is 6.52. The first kappa shape index (κ1) is 16.0.